The van der Waals surface area contributed by atoms with E-state index in [1.54, 1.807) is 12.1 Å². The van der Waals surface area contributed by atoms with Crippen molar-refractivity contribution in [3.05, 3.63) is 34.9 Å². The molecule has 4 amide bonds. The zero-order chi connectivity index (χ0) is 19.6. The number of rotatable bonds is 5. The highest BCUT2D eigenvalue weighted by atomic mass is 35.5. The van der Waals surface area contributed by atoms with Crippen LogP contribution in [0.5, 0.6) is 0 Å². The highest BCUT2D eigenvalue weighted by molar-refractivity contribution is 6.30. The summed E-state index contributed by atoms with van der Waals surface area (Å²) >= 11 is 5.88. The van der Waals surface area contributed by atoms with Crippen LogP contribution in [0, 0.1) is 5.92 Å². The largest absolute Gasteiger partial charge is 0.344 e. The predicted molar refractivity (Wildman–Crippen MR) is 102 cm³/mol. The number of nitrogens with zero attached hydrogens (tertiary/aromatic N) is 1. The molecule has 1 heterocycles. The van der Waals surface area contributed by atoms with Crippen molar-refractivity contribution in [2.75, 3.05) is 6.54 Å². The van der Waals surface area contributed by atoms with Crippen molar-refractivity contribution < 1.29 is 14.4 Å². The highest BCUT2D eigenvalue weighted by Gasteiger charge is 2.52. The molecule has 0 unspecified atom stereocenters. The maximum atomic E-state index is 12.7. The minimum atomic E-state index is -0.860. The molecule has 1 aliphatic carbocycles. The molecule has 1 spiro atoms. The van der Waals surface area contributed by atoms with Gasteiger partial charge in [0.25, 0.3) is 11.8 Å². The summed E-state index contributed by atoms with van der Waals surface area (Å²) < 4.78 is 0. The van der Waals surface area contributed by atoms with E-state index < -0.39 is 17.5 Å². The summed E-state index contributed by atoms with van der Waals surface area (Å²) in [4.78, 5) is 37.2. The Labute approximate surface area is 163 Å². The standard InChI is InChI=1S/C19H25ClN4O3/c1-12-7-9-19(10-8-12)17(26)24(18(27)22-19)23-16(25)11-21-13(2)14-3-5-15(20)6-4-14/h3-6,12-13,21H,7-11H2,1-2H3,(H,22,27)(H,23,25)/t12?,13-,19?/m1/s1. The van der Waals surface area contributed by atoms with E-state index in [-0.39, 0.29) is 18.5 Å². The molecule has 3 rings (SSSR count). The summed E-state index contributed by atoms with van der Waals surface area (Å²) in [5, 5.41) is 7.33. The molecule has 3 N–H and O–H groups in total. The molecule has 1 atom stereocenters. The fraction of sp³-hybridized carbons (Fsp3) is 0.526. The van der Waals surface area contributed by atoms with E-state index in [2.05, 4.69) is 23.0 Å². The predicted octanol–water partition coefficient (Wildman–Crippen LogP) is 2.52. The zero-order valence-corrected chi connectivity index (χ0v) is 16.3. The van der Waals surface area contributed by atoms with Crippen LogP contribution in [-0.2, 0) is 9.59 Å². The first-order chi connectivity index (χ1) is 12.8. The molecule has 1 saturated carbocycles. The molecule has 1 aliphatic heterocycles. The molecular weight excluding hydrogens is 368 g/mol. The molecule has 0 bridgehead atoms. The minimum Gasteiger partial charge on any atom is -0.322 e. The van der Waals surface area contributed by atoms with E-state index in [9.17, 15) is 14.4 Å². The van der Waals surface area contributed by atoms with Crippen LogP contribution in [0.2, 0.25) is 5.02 Å². The van der Waals surface area contributed by atoms with Crippen molar-refractivity contribution in [1.29, 1.82) is 0 Å². The first kappa shape index (κ1) is 19.6. The Morgan fingerprint density at radius 2 is 1.93 bits per heavy atom. The number of hydrazine groups is 1. The summed E-state index contributed by atoms with van der Waals surface area (Å²) in [6.45, 7) is 4.04. The lowest BCUT2D eigenvalue weighted by Crippen LogP contribution is -2.52. The zero-order valence-electron chi connectivity index (χ0n) is 15.5. The Morgan fingerprint density at radius 1 is 1.30 bits per heavy atom. The fourth-order valence-corrected chi connectivity index (χ4v) is 3.72. The molecule has 1 aromatic rings. The first-order valence-electron chi connectivity index (χ1n) is 9.26. The molecule has 0 radical (unpaired) electrons. The van der Waals surface area contributed by atoms with Gasteiger partial charge in [0.1, 0.15) is 5.54 Å². The van der Waals surface area contributed by atoms with Gasteiger partial charge in [-0.05, 0) is 56.2 Å². The van der Waals surface area contributed by atoms with Crippen LogP contribution in [0.3, 0.4) is 0 Å². The van der Waals surface area contributed by atoms with Gasteiger partial charge in [-0.3, -0.25) is 15.0 Å². The van der Waals surface area contributed by atoms with Crippen LogP contribution >= 0.6 is 11.6 Å². The van der Waals surface area contributed by atoms with Crippen molar-refractivity contribution in [2.24, 2.45) is 5.92 Å². The lowest BCUT2D eigenvalue weighted by Gasteiger charge is -2.33. The third-order valence-corrected chi connectivity index (χ3v) is 5.72. The lowest BCUT2D eigenvalue weighted by molar-refractivity contribution is -0.139. The van der Waals surface area contributed by atoms with E-state index in [1.165, 1.54) is 0 Å². The Balaban J connectivity index is 1.54. The molecule has 27 heavy (non-hydrogen) atoms. The smallest absolute Gasteiger partial charge is 0.322 e. The molecule has 2 aliphatic rings. The number of halogens is 1. The summed E-state index contributed by atoms with van der Waals surface area (Å²) in [6, 6.07) is 6.68. The lowest BCUT2D eigenvalue weighted by atomic mass is 9.77. The Morgan fingerprint density at radius 3 is 2.56 bits per heavy atom. The third kappa shape index (κ3) is 4.25. The van der Waals surface area contributed by atoms with Crippen LogP contribution < -0.4 is 16.1 Å². The van der Waals surface area contributed by atoms with Gasteiger partial charge in [-0.25, -0.2) is 4.79 Å². The summed E-state index contributed by atoms with van der Waals surface area (Å²) in [5.41, 5.74) is 2.55. The summed E-state index contributed by atoms with van der Waals surface area (Å²) in [5.74, 6) is -0.262. The van der Waals surface area contributed by atoms with Crippen LogP contribution in [0.4, 0.5) is 4.79 Å². The maximum absolute atomic E-state index is 12.7. The second kappa shape index (κ2) is 7.86. The average Bonchev–Trinajstić information content (AvgIpc) is 2.87. The first-order valence-corrected chi connectivity index (χ1v) is 9.63. The van der Waals surface area contributed by atoms with Gasteiger partial charge >= 0.3 is 6.03 Å². The van der Waals surface area contributed by atoms with E-state index in [1.807, 2.05) is 19.1 Å². The van der Waals surface area contributed by atoms with Gasteiger partial charge in [0, 0.05) is 11.1 Å². The molecule has 146 valence electrons. The molecular formula is C19H25ClN4O3. The third-order valence-electron chi connectivity index (χ3n) is 5.46. The number of benzene rings is 1. The topological polar surface area (TPSA) is 90.5 Å². The second-order valence-corrected chi connectivity index (χ2v) is 7.96. The Kier molecular flexibility index (Phi) is 5.72. The summed E-state index contributed by atoms with van der Waals surface area (Å²) in [6.07, 6.45) is 2.98. The van der Waals surface area contributed by atoms with Gasteiger partial charge < -0.3 is 10.6 Å². The van der Waals surface area contributed by atoms with Gasteiger partial charge in [0.2, 0.25) is 0 Å². The molecule has 1 saturated heterocycles. The minimum absolute atomic E-state index is 0.0229. The van der Waals surface area contributed by atoms with Crippen LogP contribution in [0.25, 0.3) is 0 Å². The van der Waals surface area contributed by atoms with Crippen LogP contribution in [0.15, 0.2) is 24.3 Å². The molecule has 8 heteroatoms. The number of imide groups is 1. The number of carbonyl (C=O) groups is 3. The van der Waals surface area contributed by atoms with Crippen LogP contribution in [-0.4, -0.2) is 34.9 Å². The van der Waals surface area contributed by atoms with Gasteiger partial charge in [0.05, 0.1) is 6.54 Å². The normalized spacial score (nSPS) is 26.2. The van der Waals surface area contributed by atoms with E-state index in [0.717, 1.165) is 23.4 Å². The Bertz CT molecular complexity index is 729. The number of hydrogen-bond donors (Lipinski definition) is 3. The number of nitrogens with one attached hydrogen (secondary N) is 3. The van der Waals surface area contributed by atoms with Gasteiger partial charge in [-0.1, -0.05) is 30.7 Å². The fourth-order valence-electron chi connectivity index (χ4n) is 3.59. The molecule has 2 fully saturated rings. The Hall–Kier alpha value is -2.12. The molecule has 1 aromatic carbocycles. The van der Waals surface area contributed by atoms with Crippen molar-refractivity contribution >= 4 is 29.4 Å². The second-order valence-electron chi connectivity index (χ2n) is 7.52. The summed E-state index contributed by atoms with van der Waals surface area (Å²) in [7, 11) is 0. The van der Waals surface area contributed by atoms with Crippen molar-refractivity contribution in [3.63, 3.8) is 0 Å². The van der Waals surface area contributed by atoms with Crippen molar-refractivity contribution in [2.45, 2.75) is 51.1 Å². The number of urea groups is 1. The van der Waals surface area contributed by atoms with Crippen molar-refractivity contribution in [3.8, 4) is 0 Å². The average molecular weight is 393 g/mol. The number of carbonyl (C=O) groups excluding carboxylic acids is 3. The van der Waals surface area contributed by atoms with Gasteiger partial charge in [-0.2, -0.15) is 5.01 Å². The number of hydrogen-bond acceptors (Lipinski definition) is 4. The highest BCUT2D eigenvalue weighted by Crippen LogP contribution is 2.35. The van der Waals surface area contributed by atoms with E-state index in [0.29, 0.717) is 23.8 Å². The van der Waals surface area contributed by atoms with Crippen LogP contribution in [0.1, 0.15) is 51.1 Å². The van der Waals surface area contributed by atoms with Gasteiger partial charge in [0.15, 0.2) is 0 Å². The molecule has 7 nitrogen and oxygen atoms in total. The number of amides is 4. The van der Waals surface area contributed by atoms with Gasteiger partial charge in [-0.15, -0.1) is 0 Å². The van der Waals surface area contributed by atoms with E-state index >= 15 is 0 Å². The SMILES string of the molecule is CC1CCC2(CC1)NC(=O)N(NC(=O)CN[C@H](C)c1ccc(Cl)cc1)C2=O. The molecule has 0 aromatic heterocycles. The monoisotopic (exact) mass is 392 g/mol. The van der Waals surface area contributed by atoms with E-state index in [4.69, 9.17) is 11.6 Å². The quantitative estimate of drug-likeness (QED) is 0.671. The van der Waals surface area contributed by atoms with Crippen molar-refractivity contribution in [1.82, 2.24) is 21.1 Å². The maximum Gasteiger partial charge on any atom is 0.344 e.